The van der Waals surface area contributed by atoms with E-state index in [0.717, 1.165) is 36.7 Å². The quantitative estimate of drug-likeness (QED) is 0.171. The first-order chi connectivity index (χ1) is 21.4. The molecule has 2 aliphatic carbocycles. The van der Waals surface area contributed by atoms with Gasteiger partial charge in [-0.25, -0.2) is 9.37 Å². The number of nitrogens with one attached hydrogen (secondary N) is 2. The number of nitrogens with two attached hydrogens (primary N) is 1. The average molecular weight is 623 g/mol. The molecular formula is C32H28F4N5O4-. The van der Waals surface area contributed by atoms with Crippen LogP contribution in [0.3, 0.4) is 0 Å². The van der Waals surface area contributed by atoms with Crippen molar-refractivity contribution in [3.8, 4) is 17.0 Å². The topological polar surface area (TPSA) is 145 Å². The number of anilines is 1. The van der Waals surface area contributed by atoms with Crippen LogP contribution >= 0.6 is 0 Å². The van der Waals surface area contributed by atoms with Gasteiger partial charge in [0.05, 0.1) is 17.9 Å². The van der Waals surface area contributed by atoms with Crippen LogP contribution in [0, 0.1) is 17.7 Å². The van der Waals surface area contributed by atoms with Crippen LogP contribution in [0.5, 0.6) is 5.75 Å². The van der Waals surface area contributed by atoms with Crippen LogP contribution in [0.4, 0.5) is 23.2 Å². The van der Waals surface area contributed by atoms with Crippen LogP contribution in [0.15, 0.2) is 59.2 Å². The van der Waals surface area contributed by atoms with Crippen molar-refractivity contribution >= 4 is 23.6 Å². The standard InChI is InChI=1S/C32H29F4N5O4/c33-21-8-3-17(4-9-21)26-27-22(30(15-45-27,29(37)43)20-6-7-20)13-25(39-26)31(44,32(34,35)36)14-38-28(42)18-5-10-23-19(11-18)12-24(41-40-23)16-1-2-16/h3-5,8-13,16,20,40-41,44H,1-2,6-7,14-15H2,(H2,37,43)(H,38,42)/p-1/t30-,31+/m1/s1. The molecule has 9 nitrogen and oxygen atoms in total. The van der Waals surface area contributed by atoms with E-state index >= 15 is 0 Å². The molecule has 4 aliphatic rings. The molecule has 0 radical (unpaired) electrons. The van der Waals surface area contributed by atoms with Crippen molar-refractivity contribution in [3.05, 3.63) is 82.4 Å². The molecule has 5 N–H and O–H groups in total. The summed E-state index contributed by atoms with van der Waals surface area (Å²) in [7, 11) is 0. The minimum absolute atomic E-state index is 0.0318. The third-order valence-electron chi connectivity index (χ3n) is 9.04. The molecule has 0 unspecified atom stereocenters. The fourth-order valence-corrected chi connectivity index (χ4v) is 6.09. The summed E-state index contributed by atoms with van der Waals surface area (Å²) in [5.41, 5.74) is 8.40. The maximum absolute atomic E-state index is 14.8. The van der Waals surface area contributed by atoms with Gasteiger partial charge >= 0.3 is 6.18 Å². The van der Waals surface area contributed by atoms with E-state index in [-0.39, 0.29) is 40.7 Å². The van der Waals surface area contributed by atoms with E-state index in [0.29, 0.717) is 30.0 Å². The molecule has 1 aromatic heterocycles. The van der Waals surface area contributed by atoms with Gasteiger partial charge in [0.1, 0.15) is 29.3 Å². The smallest absolute Gasteiger partial charge is 0.424 e. The van der Waals surface area contributed by atoms with Crippen LogP contribution < -0.4 is 26.4 Å². The molecule has 45 heavy (non-hydrogen) atoms. The van der Waals surface area contributed by atoms with Gasteiger partial charge in [0, 0.05) is 28.3 Å². The maximum Gasteiger partial charge on any atom is 0.424 e. The predicted molar refractivity (Wildman–Crippen MR) is 154 cm³/mol. The number of carbonyl (C=O) groups excluding carboxylic acids is 1. The first-order valence-electron chi connectivity index (χ1n) is 14.5. The monoisotopic (exact) mass is 622 g/mol. The number of aliphatic hydroxyl groups is 1. The van der Waals surface area contributed by atoms with Gasteiger partial charge in [-0.05, 0) is 91.6 Å². The summed E-state index contributed by atoms with van der Waals surface area (Å²) in [6.07, 6.45) is -0.192. The number of hydrogen-bond donors (Lipinski definition) is 4. The Kier molecular flexibility index (Phi) is 6.59. The van der Waals surface area contributed by atoms with E-state index in [1.807, 2.05) is 6.08 Å². The molecule has 0 bridgehead atoms. The third-order valence-corrected chi connectivity index (χ3v) is 9.04. The number of aliphatic imine (C=N–C) groups is 1. The van der Waals surface area contributed by atoms with Crippen LogP contribution in [-0.2, 0) is 15.8 Å². The van der Waals surface area contributed by atoms with Crippen molar-refractivity contribution in [2.75, 3.05) is 18.6 Å². The number of aromatic nitrogens is 1. The minimum atomic E-state index is -5.35. The number of primary amides is 1. The summed E-state index contributed by atoms with van der Waals surface area (Å²) in [6, 6.07) is 10.4. The second-order valence-electron chi connectivity index (χ2n) is 12.0. The molecule has 2 saturated carbocycles. The lowest BCUT2D eigenvalue weighted by Gasteiger charge is -2.31. The van der Waals surface area contributed by atoms with Crippen LogP contribution in [0.1, 0.15) is 48.1 Å². The second kappa shape index (κ2) is 10.2. The molecule has 3 aromatic rings. The Balaban J connectivity index is 1.31. The third kappa shape index (κ3) is 4.85. The summed E-state index contributed by atoms with van der Waals surface area (Å²) in [6.45, 7) is -1.62. The van der Waals surface area contributed by atoms with E-state index in [9.17, 15) is 32.6 Å². The fourth-order valence-electron chi connectivity index (χ4n) is 6.09. The first-order valence-corrected chi connectivity index (χ1v) is 14.5. The molecule has 3 heterocycles. The van der Waals surface area contributed by atoms with Crippen LogP contribution in [0.25, 0.3) is 17.3 Å². The Hall–Kier alpha value is -4.65. The number of alkyl halides is 3. The summed E-state index contributed by atoms with van der Waals surface area (Å²) in [5, 5.41) is 24.5. The van der Waals surface area contributed by atoms with Crippen molar-refractivity contribution in [3.63, 3.8) is 0 Å². The highest BCUT2D eigenvalue weighted by molar-refractivity contribution is 5.93. The van der Waals surface area contributed by atoms with Crippen molar-refractivity contribution in [1.29, 1.82) is 0 Å². The molecular weight excluding hydrogens is 594 g/mol. The van der Waals surface area contributed by atoms with Gasteiger partial charge in [-0.2, -0.15) is 13.2 Å². The highest BCUT2D eigenvalue weighted by Crippen LogP contribution is 2.56. The molecule has 1 amide bonds. The summed E-state index contributed by atoms with van der Waals surface area (Å²) in [4.78, 5) is 20.7. The Morgan fingerprint density at radius 1 is 1.11 bits per heavy atom. The van der Waals surface area contributed by atoms with Crippen LogP contribution in [-0.4, -0.2) is 41.2 Å². The number of carbonyl (C=O) groups is 1. The molecule has 7 rings (SSSR count). The van der Waals surface area contributed by atoms with Gasteiger partial charge in [-0.15, -0.1) is 0 Å². The zero-order valence-electron chi connectivity index (χ0n) is 23.7. The van der Waals surface area contributed by atoms with Gasteiger partial charge in [0.25, 0.3) is 0 Å². The molecule has 2 aliphatic heterocycles. The Labute approximate surface area is 254 Å². The molecule has 2 fully saturated rings. The van der Waals surface area contributed by atoms with E-state index in [2.05, 4.69) is 20.8 Å². The van der Waals surface area contributed by atoms with E-state index < -0.39 is 47.1 Å². The number of benzene rings is 2. The number of nitrogens with zero attached hydrogens (tertiary/aromatic N) is 2. The number of rotatable bonds is 8. The fraction of sp³-hybridized carbons (Fsp3) is 0.344. The number of allylic oxidation sites excluding steroid dienone is 1. The number of ether oxygens (including phenoxy) is 1. The molecule has 0 spiro atoms. The maximum atomic E-state index is 14.8. The zero-order chi connectivity index (χ0) is 31.7. The van der Waals surface area contributed by atoms with Gasteiger partial charge in [0.2, 0.25) is 11.5 Å². The first kappa shape index (κ1) is 29.1. The predicted octanol–water partition coefficient (Wildman–Crippen LogP) is 3.65. The summed E-state index contributed by atoms with van der Waals surface area (Å²) in [5.74, 6) is -2.19. The summed E-state index contributed by atoms with van der Waals surface area (Å²) >= 11 is 0. The Morgan fingerprint density at radius 2 is 1.84 bits per heavy atom. The molecule has 13 heteroatoms. The van der Waals surface area contributed by atoms with E-state index in [1.54, 1.807) is 6.07 Å². The Morgan fingerprint density at radius 3 is 2.49 bits per heavy atom. The Bertz CT molecular complexity index is 1770. The number of hydrogen-bond acceptors (Lipinski definition) is 8. The van der Waals surface area contributed by atoms with Crippen molar-refractivity contribution in [1.82, 2.24) is 10.4 Å². The zero-order valence-corrected chi connectivity index (χ0v) is 23.7. The van der Waals surface area contributed by atoms with E-state index in [1.165, 1.54) is 24.3 Å². The number of amides is 1. The molecule has 0 saturated heterocycles. The number of fused-ring (bicyclic) bond motifs is 2. The molecule has 2 atom stereocenters. The highest BCUT2D eigenvalue weighted by Gasteiger charge is 2.60. The average Bonchev–Trinajstić information content (AvgIpc) is 3.96. The lowest BCUT2D eigenvalue weighted by Crippen LogP contribution is -2.47. The lowest BCUT2D eigenvalue weighted by molar-refractivity contribution is -0.264. The van der Waals surface area contributed by atoms with Crippen molar-refractivity contribution in [2.24, 2.45) is 22.6 Å². The van der Waals surface area contributed by atoms with Gasteiger partial charge in [-0.3, -0.25) is 9.79 Å². The summed E-state index contributed by atoms with van der Waals surface area (Å²) < 4.78 is 64.0. The minimum Gasteiger partial charge on any atom is -0.858 e. The van der Waals surface area contributed by atoms with Crippen LogP contribution in [0.2, 0.25) is 0 Å². The number of hydrazine groups is 1. The van der Waals surface area contributed by atoms with Gasteiger partial charge in [0.15, 0.2) is 0 Å². The lowest BCUT2D eigenvalue weighted by atomic mass is 9.76. The second-order valence-corrected chi connectivity index (χ2v) is 12.0. The van der Waals surface area contributed by atoms with E-state index in [4.69, 9.17) is 10.5 Å². The number of pyridine rings is 1. The highest BCUT2D eigenvalue weighted by atomic mass is 19.4. The normalized spacial score (nSPS) is 22.2. The van der Waals surface area contributed by atoms with Crippen molar-refractivity contribution in [2.45, 2.75) is 42.9 Å². The largest absolute Gasteiger partial charge is 0.858 e. The van der Waals surface area contributed by atoms with Crippen molar-refractivity contribution < 1.29 is 37.3 Å². The van der Waals surface area contributed by atoms with Gasteiger partial charge < -0.3 is 31.5 Å². The molecule has 234 valence electrons. The van der Waals surface area contributed by atoms with Gasteiger partial charge in [-0.1, -0.05) is 6.07 Å². The SMILES string of the molecule is NC(=O)[C@@]1(C2CC2)COc2c1cc([C@@](O)(CN=C([O-])c1ccc3c(c1)C=C(C1CC1)NN3)C(F)(F)F)nc2-c1ccc(F)cc1. The number of halogens is 4. The molecule has 2 aromatic carbocycles.